The van der Waals surface area contributed by atoms with E-state index in [1.165, 1.54) is 17.2 Å². The number of benzene rings is 2. The van der Waals surface area contributed by atoms with Crippen LogP contribution < -0.4 is 0 Å². The predicted octanol–water partition coefficient (Wildman–Crippen LogP) is 2.48. The molecule has 108 valence electrons. The monoisotopic (exact) mass is 285 g/mol. The summed E-state index contributed by atoms with van der Waals surface area (Å²) < 4.78 is 0. The first-order chi connectivity index (χ1) is 10.2. The molecule has 0 spiro atoms. The summed E-state index contributed by atoms with van der Waals surface area (Å²) in [7, 11) is 0. The molecule has 0 fully saturated rings. The van der Waals surface area contributed by atoms with Crippen LogP contribution in [0, 0.1) is 0 Å². The van der Waals surface area contributed by atoms with E-state index in [-0.39, 0.29) is 12.1 Å². The highest BCUT2D eigenvalue weighted by atomic mass is 16.7. The fraction of sp³-hybridized carbons (Fsp3) is 0.125. The summed E-state index contributed by atoms with van der Waals surface area (Å²) >= 11 is 0. The van der Waals surface area contributed by atoms with Crippen molar-refractivity contribution in [2.45, 2.75) is 13.2 Å². The fourth-order valence-electron chi connectivity index (χ4n) is 1.78. The number of carbonyl (C=O) groups is 2. The average Bonchev–Trinajstić information content (AvgIpc) is 2.53. The molecule has 0 bridgehead atoms. The topological polar surface area (TPSA) is 66.8 Å². The van der Waals surface area contributed by atoms with E-state index >= 15 is 0 Å². The second-order valence-electron chi connectivity index (χ2n) is 4.44. The van der Waals surface area contributed by atoms with Gasteiger partial charge in [-0.05, 0) is 23.3 Å². The molecule has 0 heterocycles. The predicted molar refractivity (Wildman–Crippen MR) is 76.2 cm³/mol. The Kier molecular flexibility index (Phi) is 5.06. The van der Waals surface area contributed by atoms with Crippen LogP contribution in [-0.4, -0.2) is 22.5 Å². The third kappa shape index (κ3) is 4.43. The number of carboxylic acids is 1. The van der Waals surface area contributed by atoms with Crippen LogP contribution in [0.15, 0.2) is 54.6 Å². The summed E-state index contributed by atoms with van der Waals surface area (Å²) in [5.41, 5.74) is 1.97. The van der Waals surface area contributed by atoms with E-state index in [1.54, 1.807) is 12.1 Å². The molecular formula is C16H15NO4. The second-order valence-corrected chi connectivity index (χ2v) is 4.44. The zero-order valence-electron chi connectivity index (χ0n) is 11.3. The van der Waals surface area contributed by atoms with Gasteiger partial charge in [0.15, 0.2) is 0 Å². The largest absolute Gasteiger partial charge is 0.478 e. The van der Waals surface area contributed by atoms with E-state index in [0.717, 1.165) is 11.1 Å². The molecule has 5 heteroatoms. The van der Waals surface area contributed by atoms with Crippen molar-refractivity contribution in [2.75, 3.05) is 0 Å². The van der Waals surface area contributed by atoms with Crippen LogP contribution in [0.3, 0.4) is 0 Å². The van der Waals surface area contributed by atoms with Crippen molar-refractivity contribution in [2.24, 2.45) is 0 Å². The van der Waals surface area contributed by atoms with E-state index in [0.29, 0.717) is 13.0 Å². The summed E-state index contributed by atoms with van der Waals surface area (Å²) in [6.07, 6.45) is 0.605. The molecular weight excluding hydrogens is 270 g/mol. The zero-order valence-corrected chi connectivity index (χ0v) is 11.3. The smallest absolute Gasteiger partial charge is 0.335 e. The molecule has 0 aliphatic heterocycles. The summed E-state index contributed by atoms with van der Waals surface area (Å²) in [6.45, 7) is 0.559. The van der Waals surface area contributed by atoms with E-state index in [2.05, 4.69) is 0 Å². The number of nitrogens with zero attached hydrogens (tertiary/aromatic N) is 1. The first-order valence-electron chi connectivity index (χ1n) is 6.40. The Morgan fingerprint density at radius 2 is 1.71 bits per heavy atom. The Bertz CT molecular complexity index is 595. The van der Waals surface area contributed by atoms with Gasteiger partial charge in [0.05, 0.1) is 12.1 Å². The number of hydroxylamine groups is 2. The molecule has 0 unspecified atom stereocenters. The lowest BCUT2D eigenvalue weighted by atomic mass is 10.1. The highest BCUT2D eigenvalue weighted by Gasteiger charge is 2.06. The highest BCUT2D eigenvalue weighted by Crippen LogP contribution is 2.09. The molecule has 0 aromatic heterocycles. The normalized spacial score (nSPS) is 10.1. The van der Waals surface area contributed by atoms with Crippen molar-refractivity contribution in [1.29, 1.82) is 0 Å². The summed E-state index contributed by atoms with van der Waals surface area (Å²) in [4.78, 5) is 27.2. The van der Waals surface area contributed by atoms with E-state index < -0.39 is 5.97 Å². The molecule has 2 aromatic carbocycles. The summed E-state index contributed by atoms with van der Waals surface area (Å²) in [6, 6.07) is 15.8. The maximum Gasteiger partial charge on any atom is 0.335 e. The molecule has 1 N–H and O–H groups in total. The third-order valence-corrected chi connectivity index (χ3v) is 2.90. The molecule has 0 aliphatic rings. The van der Waals surface area contributed by atoms with Crippen LogP contribution in [0.1, 0.15) is 21.5 Å². The SMILES string of the molecule is O=CN(Cc1ccc(C(=O)O)cc1)OCc1ccccc1. The molecule has 21 heavy (non-hydrogen) atoms. The van der Waals surface area contributed by atoms with Crippen LogP contribution in [0.25, 0.3) is 0 Å². The molecule has 0 radical (unpaired) electrons. The van der Waals surface area contributed by atoms with Crippen LogP contribution >= 0.6 is 0 Å². The van der Waals surface area contributed by atoms with Gasteiger partial charge >= 0.3 is 5.97 Å². The number of rotatable bonds is 7. The molecule has 0 aliphatic carbocycles. The molecule has 0 saturated carbocycles. The second kappa shape index (κ2) is 7.21. The number of amides is 1. The minimum absolute atomic E-state index is 0.210. The van der Waals surface area contributed by atoms with Crippen molar-refractivity contribution in [1.82, 2.24) is 5.06 Å². The minimum Gasteiger partial charge on any atom is -0.478 e. The Morgan fingerprint density at radius 1 is 1.05 bits per heavy atom. The van der Waals surface area contributed by atoms with Gasteiger partial charge in [-0.3, -0.25) is 9.63 Å². The first-order valence-corrected chi connectivity index (χ1v) is 6.40. The molecule has 5 nitrogen and oxygen atoms in total. The Balaban J connectivity index is 1.92. The van der Waals surface area contributed by atoms with Crippen LogP contribution in [-0.2, 0) is 22.8 Å². The fourth-order valence-corrected chi connectivity index (χ4v) is 1.78. The molecule has 2 aromatic rings. The van der Waals surface area contributed by atoms with Gasteiger partial charge in [0, 0.05) is 0 Å². The third-order valence-electron chi connectivity index (χ3n) is 2.90. The number of aromatic carboxylic acids is 1. The number of carboxylic acid groups (broad SMARTS) is 1. The lowest BCUT2D eigenvalue weighted by Gasteiger charge is -2.17. The summed E-state index contributed by atoms with van der Waals surface area (Å²) in [5, 5.41) is 10.0. The van der Waals surface area contributed by atoms with Crippen LogP contribution in [0.5, 0.6) is 0 Å². The quantitative estimate of drug-likeness (QED) is 0.627. The lowest BCUT2D eigenvalue weighted by Crippen LogP contribution is -2.21. The maximum absolute atomic E-state index is 11.0. The Morgan fingerprint density at radius 3 is 2.29 bits per heavy atom. The molecule has 2 rings (SSSR count). The van der Waals surface area contributed by atoms with Gasteiger partial charge < -0.3 is 5.11 Å². The number of hydrogen-bond donors (Lipinski definition) is 1. The molecule has 0 saturated heterocycles. The van der Waals surface area contributed by atoms with Gasteiger partial charge in [-0.15, -0.1) is 0 Å². The number of carbonyl (C=O) groups excluding carboxylic acids is 1. The van der Waals surface area contributed by atoms with Gasteiger partial charge in [-0.2, -0.15) is 0 Å². The van der Waals surface area contributed by atoms with Crippen LogP contribution in [0.2, 0.25) is 0 Å². The molecule has 0 atom stereocenters. The lowest BCUT2D eigenvalue weighted by molar-refractivity contribution is -0.181. The van der Waals surface area contributed by atoms with Crippen molar-refractivity contribution in [3.63, 3.8) is 0 Å². The number of hydrogen-bond acceptors (Lipinski definition) is 3. The van der Waals surface area contributed by atoms with Gasteiger partial charge in [-0.1, -0.05) is 42.5 Å². The Labute approximate surface area is 122 Å². The van der Waals surface area contributed by atoms with E-state index in [1.807, 2.05) is 30.3 Å². The van der Waals surface area contributed by atoms with Gasteiger partial charge in [0.1, 0.15) is 6.61 Å². The average molecular weight is 285 g/mol. The van der Waals surface area contributed by atoms with Gasteiger partial charge in [0.2, 0.25) is 6.41 Å². The van der Waals surface area contributed by atoms with E-state index in [4.69, 9.17) is 9.94 Å². The van der Waals surface area contributed by atoms with Gasteiger partial charge in [-0.25, -0.2) is 9.86 Å². The van der Waals surface area contributed by atoms with Crippen molar-refractivity contribution >= 4 is 12.4 Å². The van der Waals surface area contributed by atoms with Crippen LogP contribution in [0.4, 0.5) is 0 Å². The first kappa shape index (κ1) is 14.7. The van der Waals surface area contributed by atoms with Gasteiger partial charge in [0.25, 0.3) is 0 Å². The van der Waals surface area contributed by atoms with Crippen molar-refractivity contribution < 1.29 is 19.5 Å². The molecule has 1 amide bonds. The standard InChI is InChI=1S/C16H15NO4/c18-12-17(21-11-14-4-2-1-3-5-14)10-13-6-8-15(9-7-13)16(19)20/h1-9,12H,10-11H2,(H,19,20). The Hall–Kier alpha value is -2.66. The maximum atomic E-state index is 11.0. The van der Waals surface area contributed by atoms with Crippen molar-refractivity contribution in [3.05, 3.63) is 71.3 Å². The van der Waals surface area contributed by atoms with E-state index in [9.17, 15) is 9.59 Å². The minimum atomic E-state index is -0.978. The highest BCUT2D eigenvalue weighted by molar-refractivity contribution is 5.87. The summed E-state index contributed by atoms with van der Waals surface area (Å²) in [5.74, 6) is -0.978. The zero-order chi connectivity index (χ0) is 15.1. The van der Waals surface area contributed by atoms with Crippen molar-refractivity contribution in [3.8, 4) is 0 Å².